The van der Waals surface area contributed by atoms with Crippen molar-refractivity contribution in [3.05, 3.63) is 29.8 Å². The summed E-state index contributed by atoms with van der Waals surface area (Å²) in [6, 6.07) is 6.98. The van der Waals surface area contributed by atoms with Gasteiger partial charge in [0.2, 0.25) is 0 Å². The van der Waals surface area contributed by atoms with Gasteiger partial charge in [-0.15, -0.1) is 0 Å². The molecule has 20 heavy (non-hydrogen) atoms. The van der Waals surface area contributed by atoms with Crippen molar-refractivity contribution in [1.29, 1.82) is 0 Å². The van der Waals surface area contributed by atoms with E-state index in [-0.39, 0.29) is 5.75 Å². The van der Waals surface area contributed by atoms with Crippen LogP contribution in [0.25, 0.3) is 0 Å². The van der Waals surface area contributed by atoms with Crippen LogP contribution in [0, 0.1) is 6.92 Å². The summed E-state index contributed by atoms with van der Waals surface area (Å²) in [5.41, 5.74) is 1.08. The van der Waals surface area contributed by atoms with Crippen LogP contribution < -0.4 is 0 Å². The molecule has 5 nitrogen and oxygen atoms in total. The van der Waals surface area contributed by atoms with Crippen molar-refractivity contribution in [2.24, 2.45) is 0 Å². The Morgan fingerprint density at radius 1 is 1.00 bits per heavy atom. The number of sulfone groups is 1. The fourth-order valence-electron chi connectivity index (χ4n) is 1.13. The minimum atomic E-state index is -3.67. The van der Waals surface area contributed by atoms with E-state index < -0.39 is 20.0 Å². The van der Waals surface area contributed by atoms with E-state index in [0.717, 1.165) is 5.56 Å². The molecule has 0 radical (unpaired) electrons. The standard InChI is InChI=1S/C10H14O2S.C2H6.CH4O3S/c1-3-8-13(11,12)10-6-4-9(2)5-7-10;1-2;1-5(2,3)4/h4-7H,3,8H2,1-2H3;1-2H3;1H3,(H,2,3,4). The summed E-state index contributed by atoms with van der Waals surface area (Å²) in [6.07, 6.45) is 1.38. The molecule has 118 valence electrons. The molecule has 0 aliphatic heterocycles. The maximum absolute atomic E-state index is 11.5. The van der Waals surface area contributed by atoms with Gasteiger partial charge in [-0.25, -0.2) is 8.42 Å². The molecule has 1 aromatic carbocycles. The molecule has 0 amide bonds. The largest absolute Gasteiger partial charge is 0.286 e. The Bertz CT molecular complexity index is 549. The molecule has 0 aliphatic carbocycles. The topological polar surface area (TPSA) is 88.5 Å². The van der Waals surface area contributed by atoms with Gasteiger partial charge in [-0.3, -0.25) is 4.55 Å². The summed E-state index contributed by atoms with van der Waals surface area (Å²) in [4.78, 5) is 0.431. The Hall–Kier alpha value is -0.920. The van der Waals surface area contributed by atoms with Crippen LogP contribution in [0.4, 0.5) is 0 Å². The summed E-state index contributed by atoms with van der Waals surface area (Å²) in [5.74, 6) is 0.232. The van der Waals surface area contributed by atoms with Crippen molar-refractivity contribution in [2.45, 2.75) is 39.0 Å². The van der Waals surface area contributed by atoms with Crippen molar-refractivity contribution < 1.29 is 21.4 Å². The van der Waals surface area contributed by atoms with E-state index in [4.69, 9.17) is 4.55 Å². The highest BCUT2D eigenvalue weighted by Crippen LogP contribution is 2.12. The number of aryl methyl sites for hydroxylation is 1. The van der Waals surface area contributed by atoms with Crippen molar-refractivity contribution in [3.8, 4) is 0 Å². The van der Waals surface area contributed by atoms with Gasteiger partial charge in [0, 0.05) is 0 Å². The van der Waals surface area contributed by atoms with E-state index in [1.54, 1.807) is 12.1 Å². The van der Waals surface area contributed by atoms with Crippen molar-refractivity contribution in [1.82, 2.24) is 0 Å². The maximum Gasteiger partial charge on any atom is 0.261 e. The fraction of sp³-hybridized carbons (Fsp3) is 0.538. The first-order valence-electron chi connectivity index (χ1n) is 6.28. The molecule has 0 saturated carbocycles. The highest BCUT2D eigenvalue weighted by molar-refractivity contribution is 7.91. The maximum atomic E-state index is 11.5. The van der Waals surface area contributed by atoms with Crippen molar-refractivity contribution >= 4 is 20.0 Å². The smallest absolute Gasteiger partial charge is 0.261 e. The molecular weight excluding hydrogens is 300 g/mol. The molecule has 1 rings (SSSR count). The SMILES string of the molecule is CC.CCCS(=O)(=O)c1ccc(C)cc1.CS(=O)(=O)O. The zero-order chi connectivity index (χ0) is 16.4. The molecule has 0 aromatic heterocycles. The van der Waals surface area contributed by atoms with Crippen molar-refractivity contribution in [2.75, 3.05) is 12.0 Å². The first kappa shape index (κ1) is 21.4. The lowest BCUT2D eigenvalue weighted by Crippen LogP contribution is -2.05. The second-order valence-corrected chi connectivity index (χ2v) is 7.44. The zero-order valence-corrected chi connectivity index (χ0v) is 14.3. The average Bonchev–Trinajstić information content (AvgIpc) is 2.30. The predicted octanol–water partition coefficient (Wildman–Crippen LogP) is 2.71. The lowest BCUT2D eigenvalue weighted by Gasteiger charge is -2.02. The zero-order valence-electron chi connectivity index (χ0n) is 12.6. The Morgan fingerprint density at radius 3 is 1.65 bits per heavy atom. The number of hydrogen-bond donors (Lipinski definition) is 1. The first-order valence-corrected chi connectivity index (χ1v) is 9.78. The van der Waals surface area contributed by atoms with Gasteiger partial charge in [0.1, 0.15) is 0 Å². The number of benzene rings is 1. The van der Waals surface area contributed by atoms with E-state index in [1.165, 1.54) is 0 Å². The lowest BCUT2D eigenvalue weighted by molar-refractivity contribution is 0.490. The average molecular weight is 324 g/mol. The van der Waals surface area contributed by atoms with Crippen LogP contribution in [-0.4, -0.2) is 33.4 Å². The van der Waals surface area contributed by atoms with Gasteiger partial charge in [-0.2, -0.15) is 8.42 Å². The molecule has 0 aliphatic rings. The molecule has 0 unspecified atom stereocenters. The van der Waals surface area contributed by atoms with Crippen molar-refractivity contribution in [3.63, 3.8) is 0 Å². The summed E-state index contributed by atoms with van der Waals surface area (Å²) in [5, 5.41) is 0. The predicted molar refractivity (Wildman–Crippen MR) is 82.3 cm³/mol. The minimum absolute atomic E-state index is 0.232. The Labute approximate surface area is 122 Å². The molecule has 0 fully saturated rings. The molecule has 0 saturated heterocycles. The molecular formula is C13H24O5S2. The number of hydrogen-bond acceptors (Lipinski definition) is 4. The Kier molecular flexibility index (Phi) is 10.6. The van der Waals surface area contributed by atoms with E-state index in [0.29, 0.717) is 17.6 Å². The van der Waals surface area contributed by atoms with Gasteiger partial charge in [0.25, 0.3) is 10.1 Å². The number of rotatable bonds is 3. The monoisotopic (exact) mass is 324 g/mol. The molecule has 1 N–H and O–H groups in total. The van der Waals surface area contributed by atoms with Gasteiger partial charge in [-0.05, 0) is 25.5 Å². The van der Waals surface area contributed by atoms with Gasteiger partial charge >= 0.3 is 0 Å². The van der Waals surface area contributed by atoms with E-state index in [2.05, 4.69) is 0 Å². The van der Waals surface area contributed by atoms with Crippen LogP contribution >= 0.6 is 0 Å². The second-order valence-electron chi connectivity index (χ2n) is 3.86. The summed E-state index contributed by atoms with van der Waals surface area (Å²) in [6.45, 7) is 7.81. The Morgan fingerprint density at radius 2 is 1.35 bits per heavy atom. The van der Waals surface area contributed by atoms with Gasteiger partial charge in [-0.1, -0.05) is 38.5 Å². The van der Waals surface area contributed by atoms with E-state index in [1.807, 2.05) is 39.8 Å². The van der Waals surface area contributed by atoms with Crippen LogP contribution in [0.15, 0.2) is 29.2 Å². The third-order valence-corrected chi connectivity index (χ3v) is 3.79. The summed E-state index contributed by atoms with van der Waals surface area (Å²) in [7, 11) is -6.69. The Balaban J connectivity index is 0. The third kappa shape index (κ3) is 12.1. The van der Waals surface area contributed by atoms with Crippen LogP contribution in [0.3, 0.4) is 0 Å². The lowest BCUT2D eigenvalue weighted by atomic mass is 10.2. The van der Waals surface area contributed by atoms with Crippen LogP contribution in [0.2, 0.25) is 0 Å². The van der Waals surface area contributed by atoms with Crippen LogP contribution in [0.5, 0.6) is 0 Å². The highest BCUT2D eigenvalue weighted by atomic mass is 32.2. The van der Waals surface area contributed by atoms with E-state index in [9.17, 15) is 16.8 Å². The first-order chi connectivity index (χ1) is 9.06. The summed E-state index contributed by atoms with van der Waals surface area (Å²) >= 11 is 0. The molecule has 0 heterocycles. The van der Waals surface area contributed by atoms with Gasteiger partial charge < -0.3 is 0 Å². The molecule has 7 heteroatoms. The van der Waals surface area contributed by atoms with Gasteiger partial charge in [0.15, 0.2) is 9.84 Å². The second kappa shape index (κ2) is 9.90. The summed E-state index contributed by atoms with van der Waals surface area (Å²) < 4.78 is 49.0. The van der Waals surface area contributed by atoms with Gasteiger partial charge in [0.05, 0.1) is 16.9 Å². The third-order valence-electron chi connectivity index (χ3n) is 1.85. The highest BCUT2D eigenvalue weighted by Gasteiger charge is 2.11. The quantitative estimate of drug-likeness (QED) is 0.864. The van der Waals surface area contributed by atoms with E-state index >= 15 is 0 Å². The fourth-order valence-corrected chi connectivity index (χ4v) is 2.46. The molecule has 1 aromatic rings. The minimum Gasteiger partial charge on any atom is -0.286 e. The van der Waals surface area contributed by atoms with Crippen LogP contribution in [0.1, 0.15) is 32.8 Å². The molecule has 0 atom stereocenters. The van der Waals surface area contributed by atoms with Crippen LogP contribution in [-0.2, 0) is 20.0 Å². The normalized spacial score (nSPS) is 10.7. The molecule has 0 bridgehead atoms. The molecule has 0 spiro atoms.